The Bertz CT molecular complexity index is 581. The third kappa shape index (κ3) is 1.86. The number of phenolic OH excluding ortho intramolecular Hbond substituents is 1. The Hall–Kier alpha value is -1.88. The highest BCUT2D eigenvalue weighted by Gasteiger charge is 2.26. The van der Waals surface area contributed by atoms with Gasteiger partial charge in [0.25, 0.3) is 5.91 Å². The number of nitrogens with zero attached hydrogens (tertiary/aromatic N) is 1. The summed E-state index contributed by atoms with van der Waals surface area (Å²) in [4.78, 5) is 15.9. The van der Waals surface area contributed by atoms with Crippen LogP contribution in [-0.2, 0) is 6.42 Å². The molecule has 0 aliphatic heterocycles. The van der Waals surface area contributed by atoms with Crippen molar-refractivity contribution in [3.63, 3.8) is 0 Å². The Morgan fingerprint density at radius 3 is 3.17 bits per heavy atom. The van der Waals surface area contributed by atoms with E-state index in [9.17, 15) is 9.90 Å². The van der Waals surface area contributed by atoms with Crippen LogP contribution in [0.3, 0.4) is 0 Å². The molecule has 0 saturated heterocycles. The van der Waals surface area contributed by atoms with Gasteiger partial charge in [-0.1, -0.05) is 12.1 Å². The number of carbonyl (C=O) groups is 1. The van der Waals surface area contributed by atoms with E-state index < -0.39 is 0 Å². The van der Waals surface area contributed by atoms with Crippen LogP contribution >= 0.6 is 11.3 Å². The highest BCUT2D eigenvalue weighted by atomic mass is 32.1. The van der Waals surface area contributed by atoms with Crippen LogP contribution in [0, 0.1) is 0 Å². The van der Waals surface area contributed by atoms with Gasteiger partial charge in [0.2, 0.25) is 0 Å². The van der Waals surface area contributed by atoms with Crippen molar-refractivity contribution < 1.29 is 9.90 Å². The van der Waals surface area contributed by atoms with Crippen LogP contribution in [0.4, 0.5) is 0 Å². The van der Waals surface area contributed by atoms with E-state index in [1.807, 2.05) is 12.1 Å². The van der Waals surface area contributed by atoms with Gasteiger partial charge in [-0.2, -0.15) is 0 Å². The number of hydrogen-bond donors (Lipinski definition) is 2. The van der Waals surface area contributed by atoms with Gasteiger partial charge in [0.1, 0.15) is 11.4 Å². The first-order valence-electron chi connectivity index (χ1n) is 5.75. The van der Waals surface area contributed by atoms with Crippen molar-refractivity contribution in [3.05, 3.63) is 45.9 Å². The number of amides is 1. The van der Waals surface area contributed by atoms with E-state index in [2.05, 4.69) is 10.3 Å². The van der Waals surface area contributed by atoms with Crippen LogP contribution in [-0.4, -0.2) is 16.0 Å². The first-order chi connectivity index (χ1) is 8.75. The van der Waals surface area contributed by atoms with Gasteiger partial charge in [0, 0.05) is 5.38 Å². The lowest BCUT2D eigenvalue weighted by atomic mass is 10.1. The molecule has 2 N–H and O–H groups in total. The normalized spacial score (nSPS) is 17.4. The predicted octanol–water partition coefficient (Wildman–Crippen LogP) is 2.27. The number of aromatic nitrogens is 1. The van der Waals surface area contributed by atoms with Crippen LogP contribution in [0.25, 0.3) is 0 Å². The number of benzene rings is 1. The van der Waals surface area contributed by atoms with E-state index >= 15 is 0 Å². The summed E-state index contributed by atoms with van der Waals surface area (Å²) in [6.07, 6.45) is 1.62. The molecule has 2 aromatic rings. The summed E-state index contributed by atoms with van der Waals surface area (Å²) in [6, 6.07) is 5.42. The average Bonchev–Trinajstić information content (AvgIpc) is 2.99. The maximum atomic E-state index is 11.9. The van der Waals surface area contributed by atoms with Gasteiger partial charge in [-0.15, -0.1) is 11.3 Å². The Morgan fingerprint density at radius 2 is 2.39 bits per heavy atom. The SMILES string of the molecule is O=C(N[C@@H]1CCc2c(O)cccc21)c1cscn1. The molecule has 0 fully saturated rings. The fourth-order valence-corrected chi connectivity index (χ4v) is 2.87. The lowest BCUT2D eigenvalue weighted by Crippen LogP contribution is -2.27. The minimum Gasteiger partial charge on any atom is -0.508 e. The third-order valence-electron chi connectivity index (χ3n) is 3.22. The van der Waals surface area contributed by atoms with Crippen molar-refractivity contribution in [2.75, 3.05) is 0 Å². The van der Waals surface area contributed by atoms with E-state index in [4.69, 9.17) is 0 Å². The Balaban J connectivity index is 1.81. The topological polar surface area (TPSA) is 62.2 Å². The van der Waals surface area contributed by atoms with Crippen LogP contribution < -0.4 is 5.32 Å². The molecule has 0 unspecified atom stereocenters. The Morgan fingerprint density at radius 1 is 1.50 bits per heavy atom. The molecule has 0 bridgehead atoms. The van der Waals surface area contributed by atoms with Crippen molar-refractivity contribution in [1.29, 1.82) is 0 Å². The number of thiazole rings is 1. The van der Waals surface area contributed by atoms with Crippen molar-refractivity contribution >= 4 is 17.2 Å². The summed E-state index contributed by atoms with van der Waals surface area (Å²) < 4.78 is 0. The zero-order valence-electron chi connectivity index (χ0n) is 9.59. The first-order valence-corrected chi connectivity index (χ1v) is 6.70. The van der Waals surface area contributed by atoms with Crippen LogP contribution in [0.1, 0.15) is 34.1 Å². The molecule has 0 saturated carbocycles. The van der Waals surface area contributed by atoms with Crippen molar-refractivity contribution in [2.45, 2.75) is 18.9 Å². The van der Waals surface area contributed by atoms with E-state index in [-0.39, 0.29) is 11.9 Å². The second kappa shape index (κ2) is 4.42. The molecule has 1 aliphatic carbocycles. The third-order valence-corrected chi connectivity index (χ3v) is 3.80. The molecule has 5 heteroatoms. The van der Waals surface area contributed by atoms with Gasteiger partial charge in [-0.05, 0) is 30.0 Å². The summed E-state index contributed by atoms with van der Waals surface area (Å²) in [5.74, 6) is 0.162. The maximum absolute atomic E-state index is 11.9. The first kappa shape index (κ1) is 11.2. The molecule has 1 aromatic carbocycles. The molecule has 1 aliphatic rings. The Kier molecular flexibility index (Phi) is 2.76. The van der Waals surface area contributed by atoms with Crippen molar-refractivity contribution in [1.82, 2.24) is 10.3 Å². The monoisotopic (exact) mass is 260 g/mol. The minimum atomic E-state index is -0.155. The number of rotatable bonds is 2. The van der Waals surface area contributed by atoms with E-state index in [0.717, 1.165) is 24.0 Å². The minimum absolute atomic E-state index is 0.0266. The van der Waals surface area contributed by atoms with Crippen LogP contribution in [0.2, 0.25) is 0 Å². The lowest BCUT2D eigenvalue weighted by molar-refractivity contribution is 0.0932. The molecule has 1 heterocycles. The van der Waals surface area contributed by atoms with Crippen LogP contribution in [0.15, 0.2) is 29.1 Å². The number of hydrogen-bond acceptors (Lipinski definition) is 4. The molecule has 92 valence electrons. The highest BCUT2D eigenvalue weighted by Crippen LogP contribution is 2.36. The van der Waals surface area contributed by atoms with E-state index in [0.29, 0.717) is 11.4 Å². The zero-order chi connectivity index (χ0) is 12.5. The molecular formula is C13H12N2O2S. The number of fused-ring (bicyclic) bond motifs is 1. The molecule has 18 heavy (non-hydrogen) atoms. The maximum Gasteiger partial charge on any atom is 0.271 e. The van der Waals surface area contributed by atoms with Gasteiger partial charge >= 0.3 is 0 Å². The molecular weight excluding hydrogens is 248 g/mol. The van der Waals surface area contributed by atoms with Gasteiger partial charge in [-0.25, -0.2) is 4.98 Å². The van der Waals surface area contributed by atoms with Crippen molar-refractivity contribution in [2.24, 2.45) is 0 Å². The number of carbonyl (C=O) groups excluding carboxylic acids is 1. The smallest absolute Gasteiger partial charge is 0.271 e. The average molecular weight is 260 g/mol. The fourth-order valence-electron chi connectivity index (χ4n) is 2.34. The molecule has 0 radical (unpaired) electrons. The second-order valence-corrected chi connectivity index (χ2v) is 5.00. The Labute approximate surface area is 108 Å². The summed E-state index contributed by atoms with van der Waals surface area (Å²) in [5, 5.41) is 14.4. The standard InChI is InChI=1S/C13H12N2O2S/c16-12-3-1-2-8-9(12)4-5-10(8)15-13(17)11-6-18-7-14-11/h1-3,6-7,10,16H,4-5H2,(H,15,17)/t10-/m1/s1. The van der Waals surface area contributed by atoms with Gasteiger partial charge in [0.15, 0.2) is 0 Å². The van der Waals surface area contributed by atoms with Gasteiger partial charge in [-0.3, -0.25) is 4.79 Å². The summed E-state index contributed by atoms with van der Waals surface area (Å²) in [6.45, 7) is 0. The molecule has 1 atom stereocenters. The predicted molar refractivity (Wildman–Crippen MR) is 68.7 cm³/mol. The van der Waals surface area contributed by atoms with E-state index in [1.54, 1.807) is 17.0 Å². The summed E-state index contributed by atoms with van der Waals surface area (Å²) >= 11 is 1.40. The quantitative estimate of drug-likeness (QED) is 0.870. The van der Waals surface area contributed by atoms with Gasteiger partial charge in [0.05, 0.1) is 11.6 Å². The molecule has 3 rings (SSSR count). The van der Waals surface area contributed by atoms with E-state index in [1.165, 1.54) is 11.3 Å². The van der Waals surface area contributed by atoms with Gasteiger partial charge < -0.3 is 10.4 Å². The summed E-state index contributed by atoms with van der Waals surface area (Å²) in [5.41, 5.74) is 4.05. The lowest BCUT2D eigenvalue weighted by Gasteiger charge is -2.13. The summed E-state index contributed by atoms with van der Waals surface area (Å²) in [7, 11) is 0. The molecule has 1 aromatic heterocycles. The zero-order valence-corrected chi connectivity index (χ0v) is 10.4. The number of aromatic hydroxyl groups is 1. The highest BCUT2D eigenvalue weighted by molar-refractivity contribution is 7.07. The van der Waals surface area contributed by atoms with Crippen molar-refractivity contribution in [3.8, 4) is 5.75 Å². The number of phenols is 1. The molecule has 4 nitrogen and oxygen atoms in total. The largest absolute Gasteiger partial charge is 0.508 e. The second-order valence-electron chi connectivity index (χ2n) is 4.28. The fraction of sp³-hybridized carbons (Fsp3) is 0.231. The molecule has 0 spiro atoms. The molecule has 1 amide bonds. The van der Waals surface area contributed by atoms with Crippen LogP contribution in [0.5, 0.6) is 5.75 Å². The number of nitrogens with one attached hydrogen (secondary N) is 1.